The van der Waals surface area contributed by atoms with Crippen LogP contribution in [0, 0.1) is 11.8 Å². The topological polar surface area (TPSA) is 85.8 Å². The number of anilines is 1. The lowest BCUT2D eigenvalue weighted by atomic mass is 9.88. The molecule has 7 heteroatoms. The lowest BCUT2D eigenvalue weighted by Crippen LogP contribution is -2.27. The molecule has 0 aliphatic carbocycles. The molecule has 2 aromatic heterocycles. The first kappa shape index (κ1) is 19.4. The van der Waals surface area contributed by atoms with Crippen molar-refractivity contribution < 1.29 is 4.79 Å². The Morgan fingerprint density at radius 2 is 2.12 bits per heavy atom. The number of aromatic nitrogens is 3. The fourth-order valence-corrected chi connectivity index (χ4v) is 3.37. The van der Waals surface area contributed by atoms with E-state index in [0.717, 1.165) is 41.9 Å². The van der Waals surface area contributed by atoms with Crippen molar-refractivity contribution in [2.24, 2.45) is 24.6 Å². The highest BCUT2D eigenvalue weighted by Crippen LogP contribution is 2.31. The molecular formula is C18H26ClN5O. The van der Waals surface area contributed by atoms with Gasteiger partial charge in [-0.05, 0) is 30.9 Å². The Balaban J connectivity index is 0.00000225. The van der Waals surface area contributed by atoms with Crippen molar-refractivity contribution in [1.82, 2.24) is 14.8 Å². The zero-order valence-electron chi connectivity index (χ0n) is 14.9. The molecule has 1 aliphatic rings. The molecular weight excluding hydrogens is 338 g/mol. The second-order valence-corrected chi connectivity index (χ2v) is 6.88. The molecule has 0 saturated carbocycles. The monoisotopic (exact) mass is 363 g/mol. The Morgan fingerprint density at radius 1 is 1.36 bits per heavy atom. The van der Waals surface area contributed by atoms with E-state index in [1.807, 2.05) is 19.2 Å². The van der Waals surface area contributed by atoms with E-state index in [1.165, 1.54) is 0 Å². The van der Waals surface area contributed by atoms with Gasteiger partial charge in [0.25, 0.3) is 0 Å². The maximum atomic E-state index is 12.8. The van der Waals surface area contributed by atoms with Crippen LogP contribution in [0.2, 0.25) is 0 Å². The molecule has 3 N–H and O–H groups in total. The van der Waals surface area contributed by atoms with E-state index in [0.29, 0.717) is 0 Å². The van der Waals surface area contributed by atoms with Gasteiger partial charge in [0.1, 0.15) is 0 Å². The maximum absolute atomic E-state index is 12.8. The van der Waals surface area contributed by atoms with Crippen molar-refractivity contribution in [2.45, 2.75) is 39.2 Å². The van der Waals surface area contributed by atoms with E-state index < -0.39 is 0 Å². The van der Waals surface area contributed by atoms with Crippen LogP contribution >= 0.6 is 12.4 Å². The summed E-state index contributed by atoms with van der Waals surface area (Å²) >= 11 is 0. The number of pyridine rings is 1. The Morgan fingerprint density at radius 3 is 2.84 bits per heavy atom. The lowest BCUT2D eigenvalue weighted by Gasteiger charge is -2.22. The summed E-state index contributed by atoms with van der Waals surface area (Å²) in [4.78, 5) is 17.2. The third-order valence-electron chi connectivity index (χ3n) is 4.80. The molecule has 0 spiro atoms. The second kappa shape index (κ2) is 7.97. The van der Waals surface area contributed by atoms with Crippen molar-refractivity contribution in [3.8, 4) is 11.3 Å². The number of hydrogen-bond donors (Lipinski definition) is 2. The van der Waals surface area contributed by atoms with E-state index >= 15 is 0 Å². The van der Waals surface area contributed by atoms with Crippen LogP contribution in [-0.4, -0.2) is 20.7 Å². The number of amides is 1. The third kappa shape index (κ3) is 4.02. The maximum Gasteiger partial charge on any atom is 0.227 e. The van der Waals surface area contributed by atoms with Gasteiger partial charge in [-0.1, -0.05) is 20.3 Å². The van der Waals surface area contributed by atoms with Crippen LogP contribution in [0.3, 0.4) is 0 Å². The highest BCUT2D eigenvalue weighted by Gasteiger charge is 2.25. The van der Waals surface area contributed by atoms with Crippen LogP contribution in [0.1, 0.15) is 44.8 Å². The molecule has 0 saturated heterocycles. The molecule has 3 heterocycles. The zero-order chi connectivity index (χ0) is 17.3. The Bertz CT molecular complexity index is 743. The van der Waals surface area contributed by atoms with Crippen molar-refractivity contribution in [3.05, 3.63) is 30.2 Å². The van der Waals surface area contributed by atoms with Gasteiger partial charge in [-0.3, -0.25) is 14.5 Å². The predicted molar refractivity (Wildman–Crippen MR) is 101 cm³/mol. The van der Waals surface area contributed by atoms with Gasteiger partial charge in [0.2, 0.25) is 5.91 Å². The third-order valence-corrected chi connectivity index (χ3v) is 4.80. The first-order valence-corrected chi connectivity index (χ1v) is 8.52. The summed E-state index contributed by atoms with van der Waals surface area (Å²) in [6, 6.07) is 3.81. The Kier molecular flexibility index (Phi) is 6.19. The molecule has 0 aromatic carbocycles. The molecule has 1 aliphatic heterocycles. The summed E-state index contributed by atoms with van der Waals surface area (Å²) in [5.41, 5.74) is 9.78. The van der Waals surface area contributed by atoms with Gasteiger partial charge in [0.05, 0.1) is 23.3 Å². The highest BCUT2D eigenvalue weighted by molar-refractivity contribution is 5.96. The standard InChI is InChI=1S/C18H25N5O.ClH/c1-11(2)13-5-4-6-14(19)15-9-12(7-8-20-15)17-16(22-18(13)24)10-21-23(17)3;/h7-11,13-14H,4-6,19H2,1-3H3,(H,22,24);1H/t13-,14-;/m0./s1. The van der Waals surface area contributed by atoms with E-state index in [2.05, 4.69) is 29.2 Å². The van der Waals surface area contributed by atoms with Gasteiger partial charge in [-0.15, -0.1) is 12.4 Å². The first-order valence-electron chi connectivity index (χ1n) is 8.52. The lowest BCUT2D eigenvalue weighted by molar-refractivity contribution is -0.121. The number of rotatable bonds is 1. The van der Waals surface area contributed by atoms with Gasteiger partial charge in [-0.25, -0.2) is 0 Å². The van der Waals surface area contributed by atoms with Gasteiger partial charge in [0.15, 0.2) is 0 Å². The van der Waals surface area contributed by atoms with Crippen molar-refractivity contribution in [2.75, 3.05) is 5.32 Å². The number of hydrogen-bond acceptors (Lipinski definition) is 4. The molecule has 0 unspecified atom stereocenters. The summed E-state index contributed by atoms with van der Waals surface area (Å²) in [6.07, 6.45) is 6.03. The van der Waals surface area contributed by atoms with Crippen LogP contribution < -0.4 is 11.1 Å². The first-order chi connectivity index (χ1) is 11.5. The number of nitrogens with one attached hydrogen (secondary N) is 1. The van der Waals surface area contributed by atoms with Crippen LogP contribution in [-0.2, 0) is 11.8 Å². The van der Waals surface area contributed by atoms with E-state index in [4.69, 9.17) is 5.73 Å². The molecule has 136 valence electrons. The zero-order valence-corrected chi connectivity index (χ0v) is 15.7. The molecule has 2 atom stereocenters. The molecule has 0 radical (unpaired) electrons. The minimum Gasteiger partial charge on any atom is -0.323 e. The molecule has 2 bridgehead atoms. The van der Waals surface area contributed by atoms with Gasteiger partial charge >= 0.3 is 0 Å². The van der Waals surface area contributed by atoms with Crippen molar-refractivity contribution >= 4 is 24.0 Å². The minimum atomic E-state index is -0.114. The summed E-state index contributed by atoms with van der Waals surface area (Å²) < 4.78 is 1.77. The SMILES string of the molecule is CC(C)[C@@H]1CCC[C@H](N)c2cc(ccn2)-c2c(cnn2C)NC1=O.Cl. The summed E-state index contributed by atoms with van der Waals surface area (Å²) in [5, 5.41) is 7.39. The smallest absolute Gasteiger partial charge is 0.227 e. The van der Waals surface area contributed by atoms with Gasteiger partial charge in [-0.2, -0.15) is 5.10 Å². The van der Waals surface area contributed by atoms with E-state index in [9.17, 15) is 4.79 Å². The molecule has 0 fully saturated rings. The van der Waals surface area contributed by atoms with Crippen LogP contribution in [0.4, 0.5) is 5.69 Å². The van der Waals surface area contributed by atoms with Crippen molar-refractivity contribution in [3.63, 3.8) is 0 Å². The predicted octanol–water partition coefficient (Wildman–Crippen LogP) is 3.30. The van der Waals surface area contributed by atoms with Gasteiger partial charge < -0.3 is 11.1 Å². The normalized spacial score (nSPS) is 20.8. The average Bonchev–Trinajstić information content (AvgIpc) is 2.90. The van der Waals surface area contributed by atoms with Crippen LogP contribution in [0.15, 0.2) is 24.5 Å². The number of halogens is 1. The number of nitrogens with zero attached hydrogens (tertiary/aromatic N) is 3. The quantitative estimate of drug-likeness (QED) is 0.813. The largest absolute Gasteiger partial charge is 0.323 e. The molecule has 3 rings (SSSR count). The summed E-state index contributed by atoms with van der Waals surface area (Å²) in [5.74, 6) is 0.305. The van der Waals surface area contributed by atoms with Crippen LogP contribution in [0.25, 0.3) is 11.3 Å². The fraction of sp³-hybridized carbons (Fsp3) is 0.500. The fourth-order valence-electron chi connectivity index (χ4n) is 3.37. The number of aryl methyl sites for hydroxylation is 1. The minimum absolute atomic E-state index is 0. The summed E-state index contributed by atoms with van der Waals surface area (Å²) in [7, 11) is 1.87. The molecule has 25 heavy (non-hydrogen) atoms. The second-order valence-electron chi connectivity index (χ2n) is 6.88. The van der Waals surface area contributed by atoms with Crippen molar-refractivity contribution in [1.29, 1.82) is 0 Å². The molecule has 6 nitrogen and oxygen atoms in total. The Labute approximate surface area is 154 Å². The highest BCUT2D eigenvalue weighted by atomic mass is 35.5. The van der Waals surface area contributed by atoms with E-state index in [1.54, 1.807) is 17.1 Å². The average molecular weight is 364 g/mol. The Hall–Kier alpha value is -1.92. The number of fused-ring (bicyclic) bond motifs is 4. The number of nitrogens with two attached hydrogens (primary N) is 1. The van der Waals surface area contributed by atoms with Gasteiger partial charge in [0, 0.05) is 30.8 Å². The number of carbonyl (C=O) groups is 1. The summed E-state index contributed by atoms with van der Waals surface area (Å²) in [6.45, 7) is 4.18. The molecule has 1 amide bonds. The van der Waals surface area contributed by atoms with Crippen LogP contribution in [0.5, 0.6) is 0 Å². The van der Waals surface area contributed by atoms with E-state index in [-0.39, 0.29) is 36.2 Å². The number of carbonyl (C=O) groups excluding carboxylic acids is 1. The molecule has 2 aromatic rings.